The minimum Gasteiger partial charge on any atom is -0.494 e. The smallest absolute Gasteiger partial charge is 0.323 e. The number of carbonyl (C=O) groups excluding carboxylic acids is 1. The fourth-order valence-corrected chi connectivity index (χ4v) is 4.54. The van der Waals surface area contributed by atoms with Crippen LogP contribution < -0.4 is 15.0 Å². The number of rotatable bonds is 3. The van der Waals surface area contributed by atoms with Crippen molar-refractivity contribution in [3.8, 4) is 5.75 Å². The number of urea groups is 1. The monoisotopic (exact) mass is 394 g/mol. The number of likely N-dealkylation sites (tertiary alicyclic amines) is 1. The number of piperidine rings is 1. The molecule has 1 aromatic carbocycles. The highest BCUT2D eigenvalue weighted by Gasteiger charge is 2.25. The first-order chi connectivity index (χ1) is 13.2. The molecule has 9 heteroatoms. The number of benzene rings is 1. The Hall–Kier alpha value is -2.13. The number of alkyl halides is 1. The molecule has 1 aromatic heterocycles. The van der Waals surface area contributed by atoms with Crippen LogP contribution >= 0.6 is 11.3 Å². The second-order valence-corrected chi connectivity index (χ2v) is 7.70. The molecule has 27 heavy (non-hydrogen) atoms. The van der Waals surface area contributed by atoms with Gasteiger partial charge in [0.25, 0.3) is 0 Å². The van der Waals surface area contributed by atoms with Crippen LogP contribution in [0.4, 0.5) is 20.0 Å². The highest BCUT2D eigenvalue weighted by Crippen LogP contribution is 2.39. The molecule has 2 aliphatic rings. The average Bonchev–Trinajstić information content (AvgIpc) is 3.11. The summed E-state index contributed by atoms with van der Waals surface area (Å²) in [5, 5.41) is 3.33. The van der Waals surface area contributed by atoms with Crippen LogP contribution in [0, 0.1) is 0 Å². The standard InChI is InChI=1S/C18H23FN4O3S/c1-25-14-5-4-13(22-7-9-26-10-8-22)16-15(14)20-17(27-16)21-18(24)23-6-2-3-12(19)11-23/h4-5,12H,2-3,6-11H2,1H3,(H,20,21,24). The second-order valence-electron chi connectivity index (χ2n) is 6.70. The maximum Gasteiger partial charge on any atom is 0.323 e. The van der Waals surface area contributed by atoms with Crippen LogP contribution in [0.5, 0.6) is 5.75 Å². The summed E-state index contributed by atoms with van der Waals surface area (Å²) in [6.45, 7) is 3.71. The predicted octanol–water partition coefficient (Wildman–Crippen LogP) is 3.11. The Kier molecular flexibility index (Phi) is 5.31. The maximum atomic E-state index is 13.6. The summed E-state index contributed by atoms with van der Waals surface area (Å²) in [4.78, 5) is 20.8. The summed E-state index contributed by atoms with van der Waals surface area (Å²) in [6.07, 6.45) is 0.252. The first-order valence-corrected chi connectivity index (χ1v) is 9.97. The SMILES string of the molecule is COc1ccc(N2CCOCC2)c2sc(NC(=O)N3CCCC(F)C3)nc12. The molecule has 1 atom stereocenters. The first-order valence-electron chi connectivity index (χ1n) is 9.16. The van der Waals surface area contributed by atoms with E-state index in [0.29, 0.717) is 43.5 Å². The number of fused-ring (bicyclic) bond motifs is 1. The van der Waals surface area contributed by atoms with Crippen molar-refractivity contribution in [1.29, 1.82) is 0 Å². The summed E-state index contributed by atoms with van der Waals surface area (Å²) in [5.74, 6) is 0.667. The van der Waals surface area contributed by atoms with Gasteiger partial charge < -0.3 is 19.3 Å². The van der Waals surface area contributed by atoms with Gasteiger partial charge in [0.05, 0.1) is 37.3 Å². The quantitative estimate of drug-likeness (QED) is 0.867. The van der Waals surface area contributed by atoms with E-state index >= 15 is 0 Å². The minimum absolute atomic E-state index is 0.138. The van der Waals surface area contributed by atoms with Crippen molar-refractivity contribution in [2.45, 2.75) is 19.0 Å². The van der Waals surface area contributed by atoms with Gasteiger partial charge in [0, 0.05) is 19.6 Å². The van der Waals surface area contributed by atoms with Crippen molar-refractivity contribution in [1.82, 2.24) is 9.88 Å². The van der Waals surface area contributed by atoms with Crippen molar-refractivity contribution in [3.05, 3.63) is 12.1 Å². The topological polar surface area (TPSA) is 66.9 Å². The number of carbonyl (C=O) groups is 1. The molecule has 0 saturated carbocycles. The molecular formula is C18H23FN4O3S. The number of nitrogens with one attached hydrogen (secondary N) is 1. The van der Waals surface area contributed by atoms with Gasteiger partial charge in [-0.05, 0) is 25.0 Å². The molecule has 1 unspecified atom stereocenters. The van der Waals surface area contributed by atoms with Crippen LogP contribution in [0.2, 0.25) is 0 Å². The number of thiazole rings is 1. The lowest BCUT2D eigenvalue weighted by Crippen LogP contribution is -2.43. The summed E-state index contributed by atoms with van der Waals surface area (Å²) < 4.78 is 25.4. The summed E-state index contributed by atoms with van der Waals surface area (Å²) in [6, 6.07) is 3.62. The van der Waals surface area contributed by atoms with E-state index in [1.807, 2.05) is 12.1 Å². The van der Waals surface area contributed by atoms with Crippen LogP contribution in [0.1, 0.15) is 12.8 Å². The van der Waals surface area contributed by atoms with Crippen molar-refractivity contribution in [2.24, 2.45) is 0 Å². The van der Waals surface area contributed by atoms with E-state index in [0.717, 1.165) is 29.0 Å². The van der Waals surface area contributed by atoms with E-state index < -0.39 is 6.17 Å². The largest absolute Gasteiger partial charge is 0.494 e. The molecule has 0 radical (unpaired) electrons. The van der Waals surface area contributed by atoms with Crippen molar-refractivity contribution < 1.29 is 18.7 Å². The lowest BCUT2D eigenvalue weighted by Gasteiger charge is -2.29. The first kappa shape index (κ1) is 18.2. The predicted molar refractivity (Wildman–Crippen MR) is 104 cm³/mol. The third kappa shape index (κ3) is 3.79. The summed E-state index contributed by atoms with van der Waals surface area (Å²) >= 11 is 1.41. The molecular weight excluding hydrogens is 371 g/mol. The number of anilines is 2. The molecule has 2 saturated heterocycles. The van der Waals surface area contributed by atoms with Crippen LogP contribution in [0.3, 0.4) is 0 Å². The van der Waals surface area contributed by atoms with Crippen LogP contribution in [-0.4, -0.2) is 68.6 Å². The van der Waals surface area contributed by atoms with Gasteiger partial charge in [-0.15, -0.1) is 0 Å². The number of ether oxygens (including phenoxy) is 2. The Morgan fingerprint density at radius 3 is 2.93 bits per heavy atom. The van der Waals surface area contributed by atoms with Gasteiger partial charge in [-0.25, -0.2) is 14.2 Å². The third-order valence-corrected chi connectivity index (χ3v) is 5.92. The van der Waals surface area contributed by atoms with E-state index in [2.05, 4.69) is 15.2 Å². The average molecular weight is 394 g/mol. The lowest BCUT2D eigenvalue weighted by molar-refractivity contribution is 0.123. The molecule has 2 aliphatic heterocycles. The molecule has 2 fully saturated rings. The lowest BCUT2D eigenvalue weighted by atomic mass is 10.1. The Balaban J connectivity index is 1.61. The van der Waals surface area contributed by atoms with Gasteiger partial charge in [-0.3, -0.25) is 5.32 Å². The molecule has 2 amide bonds. The Morgan fingerprint density at radius 2 is 2.19 bits per heavy atom. The number of halogens is 1. The number of methoxy groups -OCH3 is 1. The van der Waals surface area contributed by atoms with Gasteiger partial charge in [0.1, 0.15) is 17.4 Å². The number of hydrogen-bond donors (Lipinski definition) is 1. The fraction of sp³-hybridized carbons (Fsp3) is 0.556. The molecule has 1 N–H and O–H groups in total. The summed E-state index contributed by atoms with van der Waals surface area (Å²) in [5.41, 5.74) is 1.79. The second kappa shape index (κ2) is 7.85. The van der Waals surface area contributed by atoms with Crippen LogP contribution in [0.15, 0.2) is 12.1 Å². The third-order valence-electron chi connectivity index (χ3n) is 4.92. The number of amides is 2. The number of nitrogens with zero attached hydrogens (tertiary/aromatic N) is 3. The fourth-order valence-electron chi connectivity index (χ4n) is 3.52. The minimum atomic E-state index is -0.951. The van der Waals surface area contributed by atoms with E-state index in [1.54, 1.807) is 7.11 Å². The van der Waals surface area contributed by atoms with Crippen LogP contribution in [-0.2, 0) is 4.74 Å². The number of morpholine rings is 1. The Bertz CT molecular complexity index is 824. The zero-order valence-electron chi connectivity index (χ0n) is 15.2. The Morgan fingerprint density at radius 1 is 1.37 bits per heavy atom. The van der Waals surface area contributed by atoms with E-state index in [-0.39, 0.29) is 12.6 Å². The normalized spacial score (nSPS) is 20.7. The number of aromatic nitrogens is 1. The molecule has 4 rings (SSSR count). The highest BCUT2D eigenvalue weighted by molar-refractivity contribution is 7.23. The van der Waals surface area contributed by atoms with Crippen molar-refractivity contribution in [2.75, 3.05) is 56.7 Å². The Labute approximate surface area is 161 Å². The maximum absolute atomic E-state index is 13.6. The molecule has 3 heterocycles. The van der Waals surface area contributed by atoms with E-state index in [1.165, 1.54) is 16.2 Å². The molecule has 7 nitrogen and oxygen atoms in total. The van der Waals surface area contributed by atoms with Gasteiger partial charge >= 0.3 is 6.03 Å². The number of hydrogen-bond acceptors (Lipinski definition) is 6. The van der Waals surface area contributed by atoms with Crippen molar-refractivity contribution in [3.63, 3.8) is 0 Å². The highest BCUT2D eigenvalue weighted by atomic mass is 32.1. The molecule has 0 bridgehead atoms. The molecule has 0 spiro atoms. The van der Waals surface area contributed by atoms with Gasteiger partial charge in [-0.1, -0.05) is 11.3 Å². The zero-order valence-corrected chi connectivity index (χ0v) is 16.1. The van der Waals surface area contributed by atoms with Gasteiger partial charge in [-0.2, -0.15) is 0 Å². The van der Waals surface area contributed by atoms with Crippen LogP contribution in [0.25, 0.3) is 10.2 Å². The molecule has 146 valence electrons. The van der Waals surface area contributed by atoms with E-state index in [4.69, 9.17) is 9.47 Å². The van der Waals surface area contributed by atoms with Gasteiger partial charge in [0.15, 0.2) is 5.13 Å². The van der Waals surface area contributed by atoms with Gasteiger partial charge in [0.2, 0.25) is 0 Å². The van der Waals surface area contributed by atoms with E-state index in [9.17, 15) is 9.18 Å². The molecule has 0 aliphatic carbocycles. The van der Waals surface area contributed by atoms with Crippen molar-refractivity contribution >= 4 is 38.4 Å². The zero-order chi connectivity index (χ0) is 18.8. The molecule has 2 aromatic rings. The summed E-state index contributed by atoms with van der Waals surface area (Å²) in [7, 11) is 1.61.